The van der Waals surface area contributed by atoms with Gasteiger partial charge in [-0.3, -0.25) is 10.1 Å². The maximum atomic E-state index is 13.5. The average Bonchev–Trinajstić information content (AvgIpc) is 2.39. The van der Waals surface area contributed by atoms with Crippen molar-refractivity contribution in [1.29, 1.82) is 0 Å². The van der Waals surface area contributed by atoms with E-state index >= 15 is 0 Å². The van der Waals surface area contributed by atoms with Crippen LogP contribution in [0, 0.1) is 21.7 Å². The Morgan fingerprint density at radius 1 is 1.24 bits per heavy atom. The van der Waals surface area contributed by atoms with Crippen LogP contribution in [-0.4, -0.2) is 16.0 Å². The number of anilines is 2. The summed E-state index contributed by atoms with van der Waals surface area (Å²) in [5, 5.41) is 22.2. The molecule has 0 aliphatic rings. The van der Waals surface area contributed by atoms with Gasteiger partial charge >= 0.3 is 5.97 Å². The summed E-state index contributed by atoms with van der Waals surface area (Å²) in [5.74, 6) is -3.37. The number of benzene rings is 2. The number of halogens is 2. The molecule has 0 spiro atoms. The molecule has 8 heteroatoms. The van der Waals surface area contributed by atoms with E-state index in [0.717, 1.165) is 12.1 Å². The second-order valence-electron chi connectivity index (χ2n) is 4.05. The van der Waals surface area contributed by atoms with Gasteiger partial charge < -0.3 is 10.4 Å². The predicted octanol–water partition coefficient (Wildman–Crippen LogP) is 3.31. The van der Waals surface area contributed by atoms with Crippen LogP contribution in [0.15, 0.2) is 36.4 Å². The summed E-state index contributed by atoms with van der Waals surface area (Å²) in [6.07, 6.45) is 0. The first-order chi connectivity index (χ1) is 9.88. The Morgan fingerprint density at radius 2 is 1.95 bits per heavy atom. The van der Waals surface area contributed by atoms with Gasteiger partial charge in [0.05, 0.1) is 16.6 Å². The third-order valence-corrected chi connectivity index (χ3v) is 2.62. The van der Waals surface area contributed by atoms with Gasteiger partial charge in [-0.2, -0.15) is 0 Å². The number of nitro groups is 1. The first-order valence-corrected chi connectivity index (χ1v) is 5.62. The molecule has 0 aliphatic carbocycles. The summed E-state index contributed by atoms with van der Waals surface area (Å²) in [6.45, 7) is 0. The van der Waals surface area contributed by atoms with Gasteiger partial charge in [0.25, 0.3) is 5.69 Å². The molecule has 2 aromatic rings. The number of rotatable bonds is 4. The molecular weight excluding hydrogens is 286 g/mol. The van der Waals surface area contributed by atoms with Gasteiger partial charge in [-0.1, -0.05) is 6.07 Å². The molecule has 0 saturated carbocycles. The largest absolute Gasteiger partial charge is 0.478 e. The van der Waals surface area contributed by atoms with Gasteiger partial charge in [0, 0.05) is 5.69 Å². The Kier molecular flexibility index (Phi) is 3.79. The zero-order chi connectivity index (χ0) is 15.6. The highest BCUT2D eigenvalue weighted by molar-refractivity contribution is 5.91. The van der Waals surface area contributed by atoms with Crippen molar-refractivity contribution < 1.29 is 23.6 Å². The predicted molar refractivity (Wildman–Crippen MR) is 69.7 cm³/mol. The highest BCUT2D eigenvalue weighted by atomic mass is 19.1. The van der Waals surface area contributed by atoms with E-state index in [1.165, 1.54) is 18.2 Å². The number of aromatic carboxylic acids is 1. The maximum Gasteiger partial charge on any atom is 0.338 e. The van der Waals surface area contributed by atoms with Crippen molar-refractivity contribution in [2.75, 3.05) is 5.32 Å². The number of carboxylic acid groups (broad SMARTS) is 1. The molecule has 0 heterocycles. The lowest BCUT2D eigenvalue weighted by atomic mass is 10.1. The molecular formula is C13H8F2N2O4. The number of carboxylic acids is 1. The molecule has 0 aromatic heterocycles. The van der Waals surface area contributed by atoms with Crippen molar-refractivity contribution in [3.8, 4) is 0 Å². The third-order valence-electron chi connectivity index (χ3n) is 2.62. The van der Waals surface area contributed by atoms with Crippen LogP contribution in [0.1, 0.15) is 10.4 Å². The van der Waals surface area contributed by atoms with E-state index in [4.69, 9.17) is 5.11 Å². The van der Waals surface area contributed by atoms with Gasteiger partial charge in [0.15, 0.2) is 0 Å². The second kappa shape index (κ2) is 5.53. The molecule has 2 rings (SSSR count). The zero-order valence-corrected chi connectivity index (χ0v) is 10.3. The first kappa shape index (κ1) is 14.4. The highest BCUT2D eigenvalue weighted by Gasteiger charge is 2.21. The number of nitrogens with one attached hydrogen (secondary N) is 1. The zero-order valence-electron chi connectivity index (χ0n) is 10.3. The SMILES string of the molecule is O=C(O)c1cc(Nc2cccc(F)c2)c([N+](=O)[O-])cc1F. The van der Waals surface area contributed by atoms with E-state index in [2.05, 4.69) is 5.32 Å². The number of nitro benzene ring substituents is 1. The second-order valence-corrected chi connectivity index (χ2v) is 4.05. The molecule has 0 fully saturated rings. The van der Waals surface area contributed by atoms with Crippen LogP contribution >= 0.6 is 0 Å². The molecule has 21 heavy (non-hydrogen) atoms. The summed E-state index contributed by atoms with van der Waals surface area (Å²) in [6, 6.07) is 6.33. The maximum absolute atomic E-state index is 13.5. The van der Waals surface area contributed by atoms with Gasteiger partial charge in [0.2, 0.25) is 0 Å². The van der Waals surface area contributed by atoms with Crippen LogP contribution in [0.3, 0.4) is 0 Å². The topological polar surface area (TPSA) is 92.5 Å². The summed E-state index contributed by atoms with van der Waals surface area (Å²) in [4.78, 5) is 20.9. The van der Waals surface area contributed by atoms with E-state index in [1.807, 2.05) is 0 Å². The lowest BCUT2D eigenvalue weighted by Gasteiger charge is -2.09. The fourth-order valence-corrected chi connectivity index (χ4v) is 1.70. The normalized spacial score (nSPS) is 10.2. The van der Waals surface area contributed by atoms with Gasteiger partial charge in [-0.15, -0.1) is 0 Å². The first-order valence-electron chi connectivity index (χ1n) is 5.62. The van der Waals surface area contributed by atoms with Crippen LogP contribution in [0.5, 0.6) is 0 Å². The average molecular weight is 294 g/mol. The van der Waals surface area contributed by atoms with Crippen LogP contribution in [0.4, 0.5) is 25.8 Å². The number of carbonyl (C=O) groups is 1. The molecule has 0 radical (unpaired) electrons. The standard InChI is InChI=1S/C13H8F2N2O4/c14-7-2-1-3-8(4-7)16-11-5-9(13(18)19)10(15)6-12(11)17(20)21/h1-6,16H,(H,18,19). The number of hydrogen-bond acceptors (Lipinski definition) is 4. The Morgan fingerprint density at radius 3 is 2.52 bits per heavy atom. The van der Waals surface area contributed by atoms with Crippen LogP contribution in [0.2, 0.25) is 0 Å². The minimum atomic E-state index is -1.57. The Balaban J connectivity index is 2.52. The number of hydrogen-bond donors (Lipinski definition) is 2. The molecule has 0 atom stereocenters. The summed E-state index contributed by atoms with van der Waals surface area (Å²) >= 11 is 0. The highest BCUT2D eigenvalue weighted by Crippen LogP contribution is 2.30. The molecule has 108 valence electrons. The van der Waals surface area contributed by atoms with Crippen molar-refractivity contribution >= 4 is 23.0 Å². The molecule has 0 aliphatic heterocycles. The van der Waals surface area contributed by atoms with Crippen molar-refractivity contribution in [3.05, 3.63) is 63.7 Å². The van der Waals surface area contributed by atoms with E-state index < -0.39 is 33.8 Å². The fraction of sp³-hybridized carbons (Fsp3) is 0. The molecule has 2 N–H and O–H groups in total. The van der Waals surface area contributed by atoms with Crippen molar-refractivity contribution in [2.45, 2.75) is 0 Å². The van der Waals surface area contributed by atoms with Crippen LogP contribution in [0.25, 0.3) is 0 Å². The van der Waals surface area contributed by atoms with Crippen molar-refractivity contribution in [1.82, 2.24) is 0 Å². The minimum Gasteiger partial charge on any atom is -0.478 e. The quantitative estimate of drug-likeness (QED) is 0.666. The Bertz CT molecular complexity index is 734. The Labute approximate surface area is 116 Å². The van der Waals surface area contributed by atoms with Crippen molar-refractivity contribution in [2.24, 2.45) is 0 Å². The molecule has 0 amide bonds. The van der Waals surface area contributed by atoms with Gasteiger partial charge in [-0.25, -0.2) is 13.6 Å². The summed E-state index contributed by atoms with van der Waals surface area (Å²) < 4.78 is 26.5. The van der Waals surface area contributed by atoms with E-state index in [1.54, 1.807) is 0 Å². The van der Waals surface area contributed by atoms with Gasteiger partial charge in [-0.05, 0) is 24.3 Å². The summed E-state index contributed by atoms with van der Waals surface area (Å²) in [5.41, 5.74) is -1.45. The molecule has 2 aromatic carbocycles. The molecule has 0 unspecified atom stereocenters. The minimum absolute atomic E-state index is 0.168. The van der Waals surface area contributed by atoms with E-state index in [0.29, 0.717) is 6.07 Å². The Hall–Kier alpha value is -3.03. The third kappa shape index (κ3) is 3.11. The van der Waals surface area contributed by atoms with E-state index in [-0.39, 0.29) is 11.4 Å². The smallest absolute Gasteiger partial charge is 0.338 e. The monoisotopic (exact) mass is 294 g/mol. The molecule has 0 bridgehead atoms. The fourth-order valence-electron chi connectivity index (χ4n) is 1.70. The summed E-state index contributed by atoms with van der Waals surface area (Å²) in [7, 11) is 0. The molecule has 6 nitrogen and oxygen atoms in total. The van der Waals surface area contributed by atoms with Crippen LogP contribution in [-0.2, 0) is 0 Å². The van der Waals surface area contributed by atoms with E-state index in [9.17, 15) is 23.7 Å². The number of nitrogens with zero attached hydrogens (tertiary/aromatic N) is 1. The van der Waals surface area contributed by atoms with Gasteiger partial charge in [0.1, 0.15) is 17.3 Å². The van der Waals surface area contributed by atoms with Crippen molar-refractivity contribution in [3.63, 3.8) is 0 Å². The molecule has 0 saturated heterocycles. The lowest BCUT2D eigenvalue weighted by molar-refractivity contribution is -0.384. The van der Waals surface area contributed by atoms with Crippen LogP contribution < -0.4 is 5.32 Å². The lowest BCUT2D eigenvalue weighted by Crippen LogP contribution is -2.05.